The molecule has 19 heavy (non-hydrogen) atoms. The van der Waals surface area contributed by atoms with Gasteiger partial charge in [-0.2, -0.15) is 0 Å². The van der Waals surface area contributed by atoms with Crippen LogP contribution in [0.15, 0.2) is 36.4 Å². The molecule has 0 aliphatic heterocycles. The van der Waals surface area contributed by atoms with Gasteiger partial charge in [0, 0.05) is 12.1 Å². The Balaban J connectivity index is 2.39. The van der Waals surface area contributed by atoms with Gasteiger partial charge in [0.05, 0.1) is 7.11 Å². The van der Waals surface area contributed by atoms with Crippen LogP contribution in [-0.4, -0.2) is 7.11 Å². The molecule has 0 fully saturated rings. The van der Waals surface area contributed by atoms with Crippen LogP contribution in [0.3, 0.4) is 0 Å². The van der Waals surface area contributed by atoms with Crippen molar-refractivity contribution in [1.29, 1.82) is 0 Å². The van der Waals surface area contributed by atoms with Gasteiger partial charge in [0.2, 0.25) is 0 Å². The van der Waals surface area contributed by atoms with Crippen molar-refractivity contribution < 1.29 is 13.9 Å². The molecule has 0 amide bonds. The van der Waals surface area contributed by atoms with Crippen molar-refractivity contribution in [3.63, 3.8) is 0 Å². The first-order chi connectivity index (χ1) is 9.15. The molecule has 0 radical (unpaired) electrons. The van der Waals surface area contributed by atoms with Gasteiger partial charge in [0.15, 0.2) is 11.5 Å². The highest BCUT2D eigenvalue weighted by atomic mass is 19.1. The zero-order valence-electron chi connectivity index (χ0n) is 10.9. The van der Waals surface area contributed by atoms with Gasteiger partial charge >= 0.3 is 0 Å². The number of nitrogens with two attached hydrogens (primary N) is 1. The van der Waals surface area contributed by atoms with Gasteiger partial charge < -0.3 is 15.2 Å². The summed E-state index contributed by atoms with van der Waals surface area (Å²) in [5.74, 6) is 1.18. The standard InChI is InChI=1S/C15H16FNO2/c1-10-6-7-14(15(8-10)18-2)19-13-5-3-4-12(16)11(13)9-17/h3-8H,9,17H2,1-2H3. The van der Waals surface area contributed by atoms with Crippen molar-refractivity contribution in [2.24, 2.45) is 5.73 Å². The lowest BCUT2D eigenvalue weighted by Crippen LogP contribution is -2.03. The quantitative estimate of drug-likeness (QED) is 0.917. The molecule has 0 saturated heterocycles. The number of halogens is 1. The van der Waals surface area contributed by atoms with Crippen molar-refractivity contribution in [2.75, 3.05) is 7.11 Å². The summed E-state index contributed by atoms with van der Waals surface area (Å²) in [6.45, 7) is 2.04. The van der Waals surface area contributed by atoms with Crippen molar-refractivity contribution in [3.8, 4) is 17.2 Å². The Kier molecular flexibility index (Phi) is 4.02. The summed E-state index contributed by atoms with van der Waals surface area (Å²) >= 11 is 0. The smallest absolute Gasteiger partial charge is 0.169 e. The molecule has 0 spiro atoms. The second-order valence-electron chi connectivity index (χ2n) is 4.18. The highest BCUT2D eigenvalue weighted by Crippen LogP contribution is 2.34. The van der Waals surface area contributed by atoms with E-state index < -0.39 is 0 Å². The minimum atomic E-state index is -0.369. The van der Waals surface area contributed by atoms with Crippen LogP contribution >= 0.6 is 0 Å². The number of rotatable bonds is 4. The zero-order valence-corrected chi connectivity index (χ0v) is 10.9. The van der Waals surface area contributed by atoms with Gasteiger partial charge in [-0.15, -0.1) is 0 Å². The molecule has 0 saturated carbocycles. The Morgan fingerprint density at radius 2 is 1.89 bits per heavy atom. The van der Waals surface area contributed by atoms with E-state index in [0.717, 1.165) is 5.56 Å². The molecular weight excluding hydrogens is 245 g/mol. The number of aryl methyl sites for hydroxylation is 1. The Hall–Kier alpha value is -2.07. The van der Waals surface area contributed by atoms with Gasteiger partial charge in [0.1, 0.15) is 11.6 Å². The molecule has 0 bridgehead atoms. The molecule has 2 rings (SSSR count). The summed E-state index contributed by atoms with van der Waals surface area (Å²) < 4.78 is 24.6. The summed E-state index contributed by atoms with van der Waals surface area (Å²) in [7, 11) is 1.57. The molecule has 0 aliphatic carbocycles. The summed E-state index contributed by atoms with van der Waals surface area (Å²) in [5, 5.41) is 0. The number of hydrogen-bond acceptors (Lipinski definition) is 3. The van der Waals surface area contributed by atoms with Crippen molar-refractivity contribution >= 4 is 0 Å². The van der Waals surface area contributed by atoms with E-state index >= 15 is 0 Å². The first kappa shape index (κ1) is 13.4. The number of benzene rings is 2. The maximum atomic E-state index is 13.6. The molecule has 0 aromatic heterocycles. The summed E-state index contributed by atoms with van der Waals surface area (Å²) in [5.41, 5.74) is 6.96. The fourth-order valence-corrected chi connectivity index (χ4v) is 1.81. The van der Waals surface area contributed by atoms with E-state index in [1.54, 1.807) is 25.3 Å². The number of hydrogen-bond donors (Lipinski definition) is 1. The van der Waals surface area contributed by atoms with Crippen LogP contribution in [0, 0.1) is 12.7 Å². The van der Waals surface area contributed by atoms with E-state index in [-0.39, 0.29) is 12.4 Å². The second kappa shape index (κ2) is 5.71. The fourth-order valence-electron chi connectivity index (χ4n) is 1.81. The minimum Gasteiger partial charge on any atom is -0.493 e. The first-order valence-corrected chi connectivity index (χ1v) is 5.95. The topological polar surface area (TPSA) is 44.5 Å². The van der Waals surface area contributed by atoms with E-state index in [9.17, 15) is 4.39 Å². The number of methoxy groups -OCH3 is 1. The Morgan fingerprint density at radius 3 is 2.58 bits per heavy atom. The Labute approximate surface area is 111 Å². The van der Waals surface area contributed by atoms with Crippen LogP contribution in [0.2, 0.25) is 0 Å². The monoisotopic (exact) mass is 261 g/mol. The lowest BCUT2D eigenvalue weighted by Gasteiger charge is -2.13. The van der Waals surface area contributed by atoms with E-state index in [1.165, 1.54) is 6.07 Å². The lowest BCUT2D eigenvalue weighted by atomic mass is 10.2. The predicted octanol–water partition coefficient (Wildman–Crippen LogP) is 3.39. The summed E-state index contributed by atoms with van der Waals surface area (Å²) in [6, 6.07) is 10.2. The van der Waals surface area contributed by atoms with E-state index in [2.05, 4.69) is 0 Å². The third kappa shape index (κ3) is 2.85. The molecule has 0 heterocycles. The normalized spacial score (nSPS) is 10.3. The average Bonchev–Trinajstić information content (AvgIpc) is 2.41. The van der Waals surface area contributed by atoms with Gasteiger partial charge in [-0.3, -0.25) is 0 Å². The predicted molar refractivity (Wildman–Crippen MR) is 72.1 cm³/mol. The van der Waals surface area contributed by atoms with Gasteiger partial charge in [-0.05, 0) is 36.8 Å². The number of ether oxygens (including phenoxy) is 2. The third-order valence-corrected chi connectivity index (χ3v) is 2.82. The van der Waals surface area contributed by atoms with Gasteiger partial charge in [0.25, 0.3) is 0 Å². The van der Waals surface area contributed by atoms with E-state index in [4.69, 9.17) is 15.2 Å². The third-order valence-electron chi connectivity index (χ3n) is 2.82. The van der Waals surface area contributed by atoms with Crippen LogP contribution in [0.5, 0.6) is 17.2 Å². The van der Waals surface area contributed by atoms with E-state index in [0.29, 0.717) is 22.8 Å². The van der Waals surface area contributed by atoms with Crippen LogP contribution in [-0.2, 0) is 6.54 Å². The molecule has 3 nitrogen and oxygen atoms in total. The van der Waals surface area contributed by atoms with Gasteiger partial charge in [-0.25, -0.2) is 4.39 Å². The molecule has 4 heteroatoms. The largest absolute Gasteiger partial charge is 0.493 e. The van der Waals surface area contributed by atoms with Crippen LogP contribution in [0.25, 0.3) is 0 Å². The molecule has 0 aliphatic rings. The molecule has 0 atom stereocenters. The molecule has 0 unspecified atom stereocenters. The lowest BCUT2D eigenvalue weighted by molar-refractivity contribution is 0.376. The highest BCUT2D eigenvalue weighted by Gasteiger charge is 2.11. The van der Waals surface area contributed by atoms with Crippen LogP contribution in [0.4, 0.5) is 4.39 Å². The SMILES string of the molecule is COc1cc(C)ccc1Oc1cccc(F)c1CN. The molecule has 2 aromatic rings. The Bertz CT molecular complexity index is 584. The molecular formula is C15H16FNO2. The van der Waals surface area contributed by atoms with Gasteiger partial charge in [-0.1, -0.05) is 12.1 Å². The first-order valence-electron chi connectivity index (χ1n) is 5.95. The minimum absolute atomic E-state index is 0.0795. The molecule has 2 N–H and O–H groups in total. The maximum absolute atomic E-state index is 13.6. The summed E-state index contributed by atoms with van der Waals surface area (Å²) in [4.78, 5) is 0. The van der Waals surface area contributed by atoms with Crippen molar-refractivity contribution in [2.45, 2.75) is 13.5 Å². The molecule has 100 valence electrons. The van der Waals surface area contributed by atoms with E-state index in [1.807, 2.05) is 19.1 Å². The highest BCUT2D eigenvalue weighted by molar-refractivity contribution is 5.46. The zero-order chi connectivity index (χ0) is 13.8. The Morgan fingerprint density at radius 1 is 1.11 bits per heavy atom. The maximum Gasteiger partial charge on any atom is 0.169 e. The molecule has 2 aromatic carbocycles. The van der Waals surface area contributed by atoms with Crippen LogP contribution in [0.1, 0.15) is 11.1 Å². The van der Waals surface area contributed by atoms with Crippen molar-refractivity contribution in [1.82, 2.24) is 0 Å². The van der Waals surface area contributed by atoms with Crippen LogP contribution < -0.4 is 15.2 Å². The fraction of sp³-hybridized carbons (Fsp3) is 0.200. The second-order valence-corrected chi connectivity index (χ2v) is 4.18. The average molecular weight is 261 g/mol. The summed E-state index contributed by atoms with van der Waals surface area (Å²) in [6.07, 6.45) is 0. The van der Waals surface area contributed by atoms with Crippen molar-refractivity contribution in [3.05, 3.63) is 53.3 Å².